The van der Waals surface area contributed by atoms with Crippen LogP contribution in [0.3, 0.4) is 0 Å². The topological polar surface area (TPSA) is 103 Å². The second kappa shape index (κ2) is 7.26. The molecule has 2 aromatic heterocycles. The number of para-hydroxylation sites is 1. The zero-order chi connectivity index (χ0) is 17.8. The van der Waals surface area contributed by atoms with Gasteiger partial charge in [-0.05, 0) is 12.1 Å². The Balaban J connectivity index is 1.57. The first-order chi connectivity index (χ1) is 12.0. The molecule has 0 aliphatic carbocycles. The van der Waals surface area contributed by atoms with Crippen molar-refractivity contribution in [3.05, 3.63) is 58.4 Å². The molecule has 3 N–H and O–H groups in total. The normalized spacial score (nSPS) is 10.6. The molecule has 1 aromatic carbocycles. The zero-order valence-corrected chi connectivity index (χ0v) is 13.5. The van der Waals surface area contributed by atoms with Gasteiger partial charge in [-0.2, -0.15) is 0 Å². The minimum atomic E-state index is -0.833. The van der Waals surface area contributed by atoms with Gasteiger partial charge in [-0.3, -0.25) is 4.79 Å². The Bertz CT molecular complexity index is 876. The maximum absolute atomic E-state index is 13.5. The number of nitrogens with one attached hydrogen (secondary N) is 1. The van der Waals surface area contributed by atoms with E-state index in [9.17, 15) is 13.6 Å². The summed E-state index contributed by atoms with van der Waals surface area (Å²) in [7, 11) is 0. The van der Waals surface area contributed by atoms with Crippen LogP contribution in [-0.2, 0) is 13.2 Å². The van der Waals surface area contributed by atoms with Gasteiger partial charge in [0.2, 0.25) is 0 Å². The van der Waals surface area contributed by atoms with E-state index in [2.05, 4.69) is 15.5 Å². The monoisotopic (exact) mass is 366 g/mol. The SMILES string of the molecule is Nc1nc(CNC(=O)c2cc(COc3c(F)cccc3F)on2)cs1. The molecule has 7 nitrogen and oxygen atoms in total. The number of ether oxygens (including phenoxy) is 1. The minimum Gasteiger partial charge on any atom is -0.479 e. The Hall–Kier alpha value is -3.01. The van der Waals surface area contributed by atoms with Crippen LogP contribution >= 0.6 is 11.3 Å². The van der Waals surface area contributed by atoms with Gasteiger partial charge in [0.1, 0.15) is 6.61 Å². The summed E-state index contributed by atoms with van der Waals surface area (Å²) in [5, 5.41) is 8.32. The highest BCUT2D eigenvalue weighted by Gasteiger charge is 2.15. The van der Waals surface area contributed by atoms with Crippen molar-refractivity contribution in [2.45, 2.75) is 13.2 Å². The highest BCUT2D eigenvalue weighted by molar-refractivity contribution is 7.13. The largest absolute Gasteiger partial charge is 0.479 e. The summed E-state index contributed by atoms with van der Waals surface area (Å²) < 4.78 is 36.9. The van der Waals surface area contributed by atoms with Crippen molar-refractivity contribution in [3.8, 4) is 5.75 Å². The van der Waals surface area contributed by atoms with E-state index < -0.39 is 23.3 Å². The van der Waals surface area contributed by atoms with Crippen molar-refractivity contribution in [1.82, 2.24) is 15.5 Å². The number of anilines is 1. The molecule has 130 valence electrons. The van der Waals surface area contributed by atoms with E-state index >= 15 is 0 Å². The van der Waals surface area contributed by atoms with Crippen LogP contribution < -0.4 is 15.8 Å². The summed E-state index contributed by atoms with van der Waals surface area (Å²) in [5.41, 5.74) is 6.14. The summed E-state index contributed by atoms with van der Waals surface area (Å²) in [5.74, 6) is -2.53. The molecule has 0 aliphatic rings. The molecule has 0 bridgehead atoms. The molecular formula is C15H12F2N4O3S. The molecule has 0 aliphatic heterocycles. The third-order valence-corrected chi connectivity index (χ3v) is 3.79. The number of aromatic nitrogens is 2. The fourth-order valence-corrected chi connectivity index (χ4v) is 2.48. The zero-order valence-electron chi connectivity index (χ0n) is 12.7. The number of nitrogens with two attached hydrogens (primary N) is 1. The molecule has 0 radical (unpaired) electrons. The number of benzene rings is 1. The Morgan fingerprint density at radius 3 is 2.80 bits per heavy atom. The van der Waals surface area contributed by atoms with E-state index in [1.54, 1.807) is 5.38 Å². The summed E-state index contributed by atoms with van der Waals surface area (Å²) in [6, 6.07) is 4.69. The molecule has 25 heavy (non-hydrogen) atoms. The van der Waals surface area contributed by atoms with Gasteiger partial charge in [0.05, 0.1) is 12.2 Å². The number of rotatable bonds is 6. The van der Waals surface area contributed by atoms with Crippen LogP contribution in [0.5, 0.6) is 5.75 Å². The molecule has 0 saturated heterocycles. The molecule has 0 unspecified atom stereocenters. The number of carbonyl (C=O) groups is 1. The van der Waals surface area contributed by atoms with Crippen LogP contribution in [0, 0.1) is 11.6 Å². The fourth-order valence-electron chi connectivity index (χ4n) is 1.92. The van der Waals surface area contributed by atoms with Crippen molar-refractivity contribution in [2.75, 3.05) is 5.73 Å². The van der Waals surface area contributed by atoms with E-state index in [0.717, 1.165) is 12.1 Å². The molecule has 3 aromatic rings. The van der Waals surface area contributed by atoms with Gasteiger partial charge < -0.3 is 20.3 Å². The van der Waals surface area contributed by atoms with Crippen LogP contribution in [-0.4, -0.2) is 16.0 Å². The van der Waals surface area contributed by atoms with Gasteiger partial charge >= 0.3 is 0 Å². The number of nitrogens with zero attached hydrogens (tertiary/aromatic N) is 2. The van der Waals surface area contributed by atoms with E-state index in [-0.39, 0.29) is 24.6 Å². The molecular weight excluding hydrogens is 354 g/mol. The summed E-state index contributed by atoms with van der Waals surface area (Å²) in [4.78, 5) is 16.0. The standard InChI is InChI=1S/C15H12F2N4O3S/c16-10-2-1-3-11(17)13(10)23-6-9-4-12(21-24-9)14(22)19-5-8-7-25-15(18)20-8/h1-4,7H,5-6H2,(H2,18,20)(H,19,22). The van der Waals surface area contributed by atoms with Gasteiger partial charge in [-0.25, -0.2) is 13.8 Å². The lowest BCUT2D eigenvalue weighted by molar-refractivity contribution is 0.0941. The van der Waals surface area contributed by atoms with Crippen molar-refractivity contribution < 1.29 is 22.8 Å². The van der Waals surface area contributed by atoms with E-state index in [1.165, 1.54) is 23.5 Å². The van der Waals surface area contributed by atoms with Crippen LogP contribution in [0.1, 0.15) is 21.9 Å². The third-order valence-electron chi connectivity index (χ3n) is 3.07. The maximum Gasteiger partial charge on any atom is 0.273 e. The highest BCUT2D eigenvalue weighted by atomic mass is 32.1. The molecule has 1 amide bonds. The van der Waals surface area contributed by atoms with Crippen molar-refractivity contribution in [3.63, 3.8) is 0 Å². The average Bonchev–Trinajstić information content (AvgIpc) is 3.21. The van der Waals surface area contributed by atoms with Crippen molar-refractivity contribution in [1.29, 1.82) is 0 Å². The number of halogens is 2. The maximum atomic E-state index is 13.5. The lowest BCUT2D eigenvalue weighted by Crippen LogP contribution is -2.23. The summed E-state index contributed by atoms with van der Waals surface area (Å²) in [6.07, 6.45) is 0. The van der Waals surface area contributed by atoms with E-state index in [0.29, 0.717) is 10.8 Å². The Kier molecular flexibility index (Phi) is 4.89. The molecule has 10 heteroatoms. The lowest BCUT2D eigenvalue weighted by atomic mass is 10.3. The molecule has 0 saturated carbocycles. The molecule has 2 heterocycles. The average molecular weight is 366 g/mol. The number of hydrogen-bond donors (Lipinski definition) is 2. The molecule has 0 spiro atoms. The molecule has 0 atom stereocenters. The Morgan fingerprint density at radius 1 is 1.36 bits per heavy atom. The lowest BCUT2D eigenvalue weighted by Gasteiger charge is -2.05. The molecule has 0 fully saturated rings. The van der Waals surface area contributed by atoms with Crippen molar-refractivity contribution >= 4 is 22.4 Å². The van der Waals surface area contributed by atoms with Crippen LogP contribution in [0.2, 0.25) is 0 Å². The first-order valence-corrected chi connectivity index (χ1v) is 7.91. The molecule has 3 rings (SSSR count). The van der Waals surface area contributed by atoms with Crippen LogP contribution in [0.15, 0.2) is 34.2 Å². The summed E-state index contributed by atoms with van der Waals surface area (Å²) >= 11 is 1.27. The van der Waals surface area contributed by atoms with Crippen LogP contribution in [0.4, 0.5) is 13.9 Å². The Labute approximate surface area is 144 Å². The summed E-state index contributed by atoms with van der Waals surface area (Å²) in [6.45, 7) is -0.0909. The number of carbonyl (C=O) groups excluding carboxylic acids is 1. The Morgan fingerprint density at radius 2 is 2.12 bits per heavy atom. The van der Waals surface area contributed by atoms with Gasteiger partial charge in [-0.1, -0.05) is 11.2 Å². The second-order valence-electron chi connectivity index (χ2n) is 4.88. The first kappa shape index (κ1) is 16.8. The number of thiazole rings is 1. The fraction of sp³-hybridized carbons (Fsp3) is 0.133. The predicted molar refractivity (Wildman–Crippen MR) is 84.9 cm³/mol. The smallest absolute Gasteiger partial charge is 0.273 e. The van der Waals surface area contributed by atoms with Gasteiger partial charge in [0.15, 0.2) is 34.0 Å². The van der Waals surface area contributed by atoms with Gasteiger partial charge in [0, 0.05) is 11.4 Å². The van der Waals surface area contributed by atoms with Gasteiger partial charge in [-0.15, -0.1) is 11.3 Å². The predicted octanol–water partition coefficient (Wildman–Crippen LogP) is 2.50. The third kappa shape index (κ3) is 4.10. The van der Waals surface area contributed by atoms with Crippen LogP contribution in [0.25, 0.3) is 0 Å². The van der Waals surface area contributed by atoms with Gasteiger partial charge in [0.25, 0.3) is 5.91 Å². The number of hydrogen-bond acceptors (Lipinski definition) is 7. The number of nitrogen functional groups attached to an aromatic ring is 1. The number of amides is 1. The van der Waals surface area contributed by atoms with E-state index in [1.807, 2.05) is 0 Å². The van der Waals surface area contributed by atoms with E-state index in [4.69, 9.17) is 15.0 Å². The quantitative estimate of drug-likeness (QED) is 0.695. The highest BCUT2D eigenvalue weighted by Crippen LogP contribution is 2.22. The second-order valence-corrected chi connectivity index (χ2v) is 5.77. The first-order valence-electron chi connectivity index (χ1n) is 7.03. The van der Waals surface area contributed by atoms with Crippen molar-refractivity contribution in [2.24, 2.45) is 0 Å². The minimum absolute atomic E-state index is 0.0100.